The van der Waals surface area contributed by atoms with Crippen molar-refractivity contribution in [3.63, 3.8) is 0 Å². The summed E-state index contributed by atoms with van der Waals surface area (Å²) in [5.74, 6) is 0.122. The number of amides is 1. The van der Waals surface area contributed by atoms with Crippen molar-refractivity contribution in [2.45, 2.75) is 6.92 Å². The van der Waals surface area contributed by atoms with Crippen molar-refractivity contribution < 1.29 is 13.2 Å². The molecule has 0 aliphatic rings. The molecule has 0 aliphatic heterocycles. The summed E-state index contributed by atoms with van der Waals surface area (Å²) < 4.78 is 26.5. The van der Waals surface area contributed by atoms with Gasteiger partial charge in [-0.2, -0.15) is 5.10 Å². The molecule has 21 heavy (non-hydrogen) atoms. The highest BCUT2D eigenvalue weighted by atomic mass is 32.2. The Balaban J connectivity index is 2.29. The molecule has 0 unspecified atom stereocenters. The van der Waals surface area contributed by atoms with E-state index in [-0.39, 0.29) is 11.3 Å². The molecule has 1 amide bonds. The van der Waals surface area contributed by atoms with E-state index in [9.17, 15) is 13.2 Å². The van der Waals surface area contributed by atoms with Crippen molar-refractivity contribution in [1.82, 2.24) is 9.78 Å². The highest BCUT2D eigenvalue weighted by molar-refractivity contribution is 7.92. The maximum Gasteiger partial charge on any atom is 0.258 e. The molecule has 0 spiro atoms. The summed E-state index contributed by atoms with van der Waals surface area (Å²) in [5.41, 5.74) is 1.24. The number of carbonyl (C=O) groups is 1. The average molecular weight is 308 g/mol. The fraction of sp³-hybridized carbons (Fsp3) is 0.231. The highest BCUT2D eigenvalue weighted by Gasteiger charge is 2.15. The summed E-state index contributed by atoms with van der Waals surface area (Å²) in [7, 11) is -1.75. The first-order valence-corrected chi connectivity index (χ1v) is 8.04. The zero-order valence-corrected chi connectivity index (χ0v) is 12.7. The quantitative estimate of drug-likeness (QED) is 0.891. The van der Waals surface area contributed by atoms with E-state index in [1.807, 2.05) is 6.92 Å². The second-order valence-corrected chi connectivity index (χ2v) is 6.42. The number of nitrogens with one attached hydrogen (secondary N) is 2. The topological polar surface area (TPSA) is 93.1 Å². The first-order chi connectivity index (χ1) is 9.76. The summed E-state index contributed by atoms with van der Waals surface area (Å²) in [5, 5.41) is 6.83. The minimum absolute atomic E-state index is 0.233. The van der Waals surface area contributed by atoms with Gasteiger partial charge >= 0.3 is 0 Å². The molecule has 2 aromatic rings. The van der Waals surface area contributed by atoms with Crippen molar-refractivity contribution in [1.29, 1.82) is 0 Å². The van der Waals surface area contributed by atoms with Gasteiger partial charge in [0.2, 0.25) is 10.0 Å². The number of rotatable bonds is 4. The van der Waals surface area contributed by atoms with Gasteiger partial charge in [0.15, 0.2) is 0 Å². The van der Waals surface area contributed by atoms with Crippen LogP contribution in [0.2, 0.25) is 0 Å². The summed E-state index contributed by atoms with van der Waals surface area (Å²) in [6, 6.07) is 8.12. The monoisotopic (exact) mass is 308 g/mol. The zero-order chi connectivity index (χ0) is 15.6. The molecule has 1 heterocycles. The van der Waals surface area contributed by atoms with Gasteiger partial charge in [0, 0.05) is 13.1 Å². The van der Waals surface area contributed by atoms with E-state index in [2.05, 4.69) is 15.1 Å². The predicted octanol–water partition coefficient (Wildman–Crippen LogP) is 1.35. The van der Waals surface area contributed by atoms with Crippen LogP contribution in [0.15, 0.2) is 30.3 Å². The van der Waals surface area contributed by atoms with Crippen molar-refractivity contribution in [2.75, 3.05) is 16.3 Å². The lowest BCUT2D eigenvalue weighted by atomic mass is 10.1. The van der Waals surface area contributed by atoms with Gasteiger partial charge < -0.3 is 5.32 Å². The number of carbonyl (C=O) groups excluding carboxylic acids is 1. The molecule has 2 N–H and O–H groups in total. The van der Waals surface area contributed by atoms with Gasteiger partial charge in [-0.1, -0.05) is 12.1 Å². The van der Waals surface area contributed by atoms with Crippen LogP contribution in [0.3, 0.4) is 0 Å². The summed E-state index contributed by atoms with van der Waals surface area (Å²) in [4.78, 5) is 12.3. The van der Waals surface area contributed by atoms with E-state index in [4.69, 9.17) is 0 Å². The van der Waals surface area contributed by atoms with Crippen LogP contribution in [0.4, 0.5) is 11.5 Å². The molecule has 1 aromatic carbocycles. The van der Waals surface area contributed by atoms with Crippen LogP contribution in [0.5, 0.6) is 0 Å². The van der Waals surface area contributed by atoms with Gasteiger partial charge in [-0.25, -0.2) is 8.42 Å². The Morgan fingerprint density at radius 3 is 2.52 bits per heavy atom. The van der Waals surface area contributed by atoms with E-state index in [0.29, 0.717) is 5.82 Å². The largest absolute Gasteiger partial charge is 0.307 e. The lowest BCUT2D eigenvalue weighted by Gasteiger charge is -2.10. The maximum atomic E-state index is 12.3. The van der Waals surface area contributed by atoms with Crippen molar-refractivity contribution in [2.24, 2.45) is 7.05 Å². The summed E-state index contributed by atoms with van der Waals surface area (Å²) in [6.07, 6.45) is 1.03. The van der Waals surface area contributed by atoms with Crippen LogP contribution in [0, 0.1) is 6.92 Å². The number of hydrogen-bond acceptors (Lipinski definition) is 4. The molecule has 0 saturated carbocycles. The molecule has 0 fully saturated rings. The molecule has 1 aromatic heterocycles. The first-order valence-electron chi connectivity index (χ1n) is 6.15. The Bertz CT molecular complexity index is 780. The summed E-state index contributed by atoms with van der Waals surface area (Å²) >= 11 is 0. The molecule has 0 radical (unpaired) electrons. The number of nitrogens with zero attached hydrogens (tertiary/aromatic N) is 2. The Labute approximate surface area is 123 Å². The molecule has 112 valence electrons. The minimum atomic E-state index is -3.46. The molecular weight excluding hydrogens is 292 g/mol. The molecule has 0 bridgehead atoms. The molecular formula is C13H16N4O3S. The number of benzene rings is 1. The Kier molecular flexibility index (Phi) is 3.99. The molecule has 8 heteroatoms. The second kappa shape index (κ2) is 5.57. The SMILES string of the molecule is Cc1cc(NC(=O)c2ccccc2NS(C)(=O)=O)n(C)n1. The minimum Gasteiger partial charge on any atom is -0.307 e. The van der Waals surface area contributed by atoms with Crippen LogP contribution in [-0.2, 0) is 17.1 Å². The molecule has 0 atom stereocenters. The fourth-order valence-corrected chi connectivity index (χ4v) is 2.46. The normalized spacial score (nSPS) is 11.2. The number of anilines is 2. The standard InChI is InChI=1S/C13H16N4O3S/c1-9-8-12(17(2)15-9)14-13(18)10-6-4-5-7-11(10)16-21(3,19)20/h4-8,16H,1-3H3,(H,14,18). The van der Waals surface area contributed by atoms with Crippen molar-refractivity contribution >= 4 is 27.4 Å². The predicted molar refractivity (Wildman–Crippen MR) is 80.8 cm³/mol. The van der Waals surface area contributed by atoms with E-state index in [1.54, 1.807) is 36.0 Å². The van der Waals surface area contributed by atoms with E-state index in [1.165, 1.54) is 6.07 Å². The Morgan fingerprint density at radius 1 is 1.29 bits per heavy atom. The van der Waals surface area contributed by atoms with Gasteiger partial charge in [0.1, 0.15) is 5.82 Å². The van der Waals surface area contributed by atoms with Gasteiger partial charge in [0.25, 0.3) is 5.91 Å². The third-order valence-electron chi connectivity index (χ3n) is 2.71. The van der Waals surface area contributed by atoms with E-state index < -0.39 is 15.9 Å². The number of hydrogen-bond donors (Lipinski definition) is 2. The van der Waals surface area contributed by atoms with Gasteiger partial charge in [-0.3, -0.25) is 14.2 Å². The lowest BCUT2D eigenvalue weighted by molar-refractivity contribution is 0.102. The number of sulfonamides is 1. The van der Waals surface area contributed by atoms with Crippen molar-refractivity contribution in [3.05, 3.63) is 41.6 Å². The number of aryl methyl sites for hydroxylation is 2. The smallest absolute Gasteiger partial charge is 0.258 e. The van der Waals surface area contributed by atoms with Crippen LogP contribution < -0.4 is 10.0 Å². The fourth-order valence-electron chi connectivity index (χ4n) is 1.88. The van der Waals surface area contributed by atoms with E-state index >= 15 is 0 Å². The van der Waals surface area contributed by atoms with Gasteiger partial charge in [-0.05, 0) is 19.1 Å². The zero-order valence-electron chi connectivity index (χ0n) is 11.9. The lowest BCUT2D eigenvalue weighted by Crippen LogP contribution is -2.18. The number of para-hydroxylation sites is 1. The molecule has 2 rings (SSSR count). The highest BCUT2D eigenvalue weighted by Crippen LogP contribution is 2.18. The summed E-state index contributed by atoms with van der Waals surface area (Å²) in [6.45, 7) is 1.81. The van der Waals surface area contributed by atoms with Crippen LogP contribution in [0.25, 0.3) is 0 Å². The van der Waals surface area contributed by atoms with Crippen molar-refractivity contribution in [3.8, 4) is 0 Å². The van der Waals surface area contributed by atoms with E-state index in [0.717, 1.165) is 11.9 Å². The van der Waals surface area contributed by atoms with Crippen LogP contribution in [-0.4, -0.2) is 30.4 Å². The first kappa shape index (κ1) is 15.0. The second-order valence-electron chi connectivity index (χ2n) is 4.67. The molecule has 0 aliphatic carbocycles. The molecule has 7 nitrogen and oxygen atoms in total. The van der Waals surface area contributed by atoms with Gasteiger partial charge in [-0.15, -0.1) is 0 Å². The third-order valence-corrected chi connectivity index (χ3v) is 3.30. The Morgan fingerprint density at radius 2 is 1.95 bits per heavy atom. The maximum absolute atomic E-state index is 12.3. The third kappa shape index (κ3) is 3.82. The number of aromatic nitrogens is 2. The van der Waals surface area contributed by atoms with Crippen LogP contribution >= 0.6 is 0 Å². The van der Waals surface area contributed by atoms with Crippen LogP contribution in [0.1, 0.15) is 16.1 Å². The molecule has 0 saturated heterocycles. The average Bonchev–Trinajstić information content (AvgIpc) is 2.66. The Hall–Kier alpha value is -2.35. The van der Waals surface area contributed by atoms with Gasteiger partial charge in [0.05, 0.1) is 23.2 Å².